The lowest BCUT2D eigenvalue weighted by Gasteiger charge is -2.00. The molecule has 0 N–H and O–H groups in total. The van der Waals surface area contributed by atoms with Crippen LogP contribution in [-0.2, 0) is 5.33 Å². The van der Waals surface area contributed by atoms with Crippen molar-refractivity contribution < 1.29 is 4.92 Å². The molecule has 0 aliphatic rings. The molecule has 0 fully saturated rings. The van der Waals surface area contributed by atoms with E-state index in [-0.39, 0.29) is 10.6 Å². The van der Waals surface area contributed by atoms with Crippen LogP contribution in [0.1, 0.15) is 25.0 Å². The maximum Gasteiger partial charge on any atom is 0.276 e. The number of halogens is 1. The van der Waals surface area contributed by atoms with E-state index in [4.69, 9.17) is 0 Å². The molecule has 0 atom stereocenters. The molecule has 0 aliphatic carbocycles. The van der Waals surface area contributed by atoms with Crippen LogP contribution in [0.4, 0.5) is 5.69 Å². The van der Waals surface area contributed by atoms with Crippen molar-refractivity contribution >= 4 is 21.6 Å². The molecular formula is C10H14BrNO2. The number of nitro groups is 1. The standard InChI is InChI=1S/C8H8BrNO2.C2H6/c1-6-3-2-4-7(5-9)8(6)10(11)12;1-2/h2-4H,5H2,1H3;1-2H3. The molecule has 0 saturated carbocycles. The molecule has 78 valence electrons. The molecule has 0 saturated heterocycles. The zero-order valence-corrected chi connectivity index (χ0v) is 10.2. The van der Waals surface area contributed by atoms with Crippen LogP contribution >= 0.6 is 15.9 Å². The van der Waals surface area contributed by atoms with Crippen molar-refractivity contribution in [2.45, 2.75) is 26.1 Å². The summed E-state index contributed by atoms with van der Waals surface area (Å²) in [4.78, 5) is 10.2. The smallest absolute Gasteiger partial charge is 0.258 e. The molecule has 0 radical (unpaired) electrons. The van der Waals surface area contributed by atoms with Crippen LogP contribution in [0.15, 0.2) is 18.2 Å². The summed E-state index contributed by atoms with van der Waals surface area (Å²) in [5.74, 6) is 0. The first kappa shape index (κ1) is 13.1. The van der Waals surface area contributed by atoms with Gasteiger partial charge in [0.25, 0.3) is 5.69 Å². The molecule has 3 nitrogen and oxygen atoms in total. The maximum absolute atomic E-state index is 10.6. The molecule has 0 aliphatic heterocycles. The number of nitro benzene ring substituents is 1. The van der Waals surface area contributed by atoms with Gasteiger partial charge in [-0.05, 0) is 6.92 Å². The first-order chi connectivity index (χ1) is 6.66. The van der Waals surface area contributed by atoms with Gasteiger partial charge in [-0.1, -0.05) is 48.0 Å². The van der Waals surface area contributed by atoms with Gasteiger partial charge in [-0.15, -0.1) is 0 Å². The lowest BCUT2D eigenvalue weighted by molar-refractivity contribution is -0.386. The minimum absolute atomic E-state index is 0.217. The molecule has 0 spiro atoms. The van der Waals surface area contributed by atoms with Crippen LogP contribution in [0.2, 0.25) is 0 Å². The molecule has 0 amide bonds. The Bertz CT molecular complexity index is 313. The largest absolute Gasteiger partial charge is 0.276 e. The third-order valence-electron chi connectivity index (χ3n) is 1.65. The topological polar surface area (TPSA) is 43.1 Å². The highest BCUT2D eigenvalue weighted by Crippen LogP contribution is 2.24. The molecule has 0 unspecified atom stereocenters. The molecular weight excluding hydrogens is 246 g/mol. The Kier molecular flexibility index (Phi) is 6.12. The van der Waals surface area contributed by atoms with Crippen LogP contribution in [0.5, 0.6) is 0 Å². The summed E-state index contributed by atoms with van der Waals surface area (Å²) in [7, 11) is 0. The van der Waals surface area contributed by atoms with Crippen molar-refractivity contribution in [3.8, 4) is 0 Å². The van der Waals surface area contributed by atoms with Gasteiger partial charge in [0, 0.05) is 16.5 Å². The third kappa shape index (κ3) is 3.10. The maximum atomic E-state index is 10.6. The van der Waals surface area contributed by atoms with Crippen LogP contribution in [0.25, 0.3) is 0 Å². The summed E-state index contributed by atoms with van der Waals surface area (Å²) < 4.78 is 0. The predicted octanol–water partition coefficient (Wildman–Crippen LogP) is 3.82. The van der Waals surface area contributed by atoms with Gasteiger partial charge in [0.05, 0.1) is 4.92 Å². The van der Waals surface area contributed by atoms with Crippen LogP contribution < -0.4 is 0 Å². The second-order valence-corrected chi connectivity index (χ2v) is 3.03. The monoisotopic (exact) mass is 259 g/mol. The van der Waals surface area contributed by atoms with E-state index in [0.29, 0.717) is 10.9 Å². The lowest BCUT2D eigenvalue weighted by Crippen LogP contribution is -1.95. The Morgan fingerprint density at radius 1 is 1.43 bits per heavy atom. The average Bonchev–Trinajstić information content (AvgIpc) is 2.19. The first-order valence-electron chi connectivity index (χ1n) is 4.45. The highest BCUT2D eigenvalue weighted by molar-refractivity contribution is 9.08. The summed E-state index contributed by atoms with van der Waals surface area (Å²) in [6.45, 7) is 5.74. The minimum atomic E-state index is -0.341. The lowest BCUT2D eigenvalue weighted by atomic mass is 10.1. The molecule has 0 aromatic heterocycles. The fourth-order valence-corrected chi connectivity index (χ4v) is 1.54. The van der Waals surface area contributed by atoms with Gasteiger partial charge in [-0.3, -0.25) is 10.1 Å². The van der Waals surface area contributed by atoms with E-state index in [1.165, 1.54) is 0 Å². The van der Waals surface area contributed by atoms with Gasteiger partial charge >= 0.3 is 0 Å². The average molecular weight is 260 g/mol. The van der Waals surface area contributed by atoms with E-state index >= 15 is 0 Å². The summed E-state index contributed by atoms with van der Waals surface area (Å²) in [6.07, 6.45) is 0. The second-order valence-electron chi connectivity index (χ2n) is 2.47. The fraction of sp³-hybridized carbons (Fsp3) is 0.400. The highest BCUT2D eigenvalue weighted by atomic mass is 79.9. The number of nitrogens with zero attached hydrogens (tertiary/aromatic N) is 1. The van der Waals surface area contributed by atoms with Gasteiger partial charge in [0.15, 0.2) is 0 Å². The number of benzene rings is 1. The van der Waals surface area contributed by atoms with E-state index in [1.54, 1.807) is 19.1 Å². The van der Waals surface area contributed by atoms with E-state index < -0.39 is 0 Å². The summed E-state index contributed by atoms with van der Waals surface area (Å²) in [5.41, 5.74) is 1.64. The minimum Gasteiger partial charge on any atom is -0.258 e. The van der Waals surface area contributed by atoms with Crippen molar-refractivity contribution in [2.75, 3.05) is 0 Å². The Labute approximate surface area is 92.4 Å². The molecule has 14 heavy (non-hydrogen) atoms. The molecule has 4 heteroatoms. The second kappa shape index (κ2) is 6.54. The first-order valence-corrected chi connectivity index (χ1v) is 5.58. The summed E-state index contributed by atoms with van der Waals surface area (Å²) in [5, 5.41) is 11.1. The number of hydrogen-bond donors (Lipinski definition) is 0. The Morgan fingerprint density at radius 2 is 2.00 bits per heavy atom. The van der Waals surface area contributed by atoms with Crippen LogP contribution in [0, 0.1) is 17.0 Å². The number of hydrogen-bond acceptors (Lipinski definition) is 2. The van der Waals surface area contributed by atoms with Gasteiger partial charge in [-0.2, -0.15) is 0 Å². The van der Waals surface area contributed by atoms with Crippen molar-refractivity contribution in [1.29, 1.82) is 0 Å². The van der Waals surface area contributed by atoms with Gasteiger partial charge in [0.1, 0.15) is 0 Å². The van der Waals surface area contributed by atoms with Crippen LogP contribution in [0.3, 0.4) is 0 Å². The SMILES string of the molecule is CC.Cc1cccc(CBr)c1[N+](=O)[O-]. The number of alkyl halides is 1. The van der Waals surface area contributed by atoms with E-state index in [1.807, 2.05) is 19.9 Å². The number of rotatable bonds is 2. The molecule has 0 heterocycles. The zero-order chi connectivity index (χ0) is 11.1. The van der Waals surface area contributed by atoms with Gasteiger partial charge < -0.3 is 0 Å². The van der Waals surface area contributed by atoms with E-state index in [0.717, 1.165) is 5.56 Å². The van der Waals surface area contributed by atoms with Crippen LogP contribution in [-0.4, -0.2) is 4.92 Å². The summed E-state index contributed by atoms with van der Waals surface area (Å²) >= 11 is 3.21. The normalized spacial score (nSPS) is 8.86. The van der Waals surface area contributed by atoms with Gasteiger partial charge in [0.2, 0.25) is 0 Å². The molecule has 1 aromatic rings. The van der Waals surface area contributed by atoms with Crippen molar-refractivity contribution in [1.82, 2.24) is 0 Å². The number of para-hydroxylation sites is 1. The zero-order valence-electron chi connectivity index (χ0n) is 8.58. The molecule has 0 bridgehead atoms. The van der Waals surface area contributed by atoms with Crippen molar-refractivity contribution in [2.24, 2.45) is 0 Å². The fourth-order valence-electron chi connectivity index (χ4n) is 1.09. The quantitative estimate of drug-likeness (QED) is 0.460. The van der Waals surface area contributed by atoms with Gasteiger partial charge in [-0.25, -0.2) is 0 Å². The number of aryl methyl sites for hydroxylation is 1. The highest BCUT2D eigenvalue weighted by Gasteiger charge is 2.14. The van der Waals surface area contributed by atoms with Crippen molar-refractivity contribution in [3.05, 3.63) is 39.4 Å². The molecule has 1 rings (SSSR count). The Balaban J connectivity index is 0.000000791. The predicted molar refractivity (Wildman–Crippen MR) is 61.8 cm³/mol. The third-order valence-corrected chi connectivity index (χ3v) is 2.25. The Morgan fingerprint density at radius 3 is 2.36 bits per heavy atom. The van der Waals surface area contributed by atoms with Crippen molar-refractivity contribution in [3.63, 3.8) is 0 Å². The van der Waals surface area contributed by atoms with E-state index in [9.17, 15) is 10.1 Å². The van der Waals surface area contributed by atoms with E-state index in [2.05, 4.69) is 15.9 Å². The Hall–Kier alpha value is -0.900. The summed E-state index contributed by atoms with van der Waals surface area (Å²) in [6, 6.07) is 5.31. The molecule has 1 aromatic carbocycles.